The van der Waals surface area contributed by atoms with Gasteiger partial charge in [0.15, 0.2) is 0 Å². The highest BCUT2D eigenvalue weighted by Crippen LogP contribution is 2.22. The van der Waals surface area contributed by atoms with Crippen LogP contribution in [0.15, 0.2) is 53.3 Å². The lowest BCUT2D eigenvalue weighted by molar-refractivity contribution is -0.127. The Morgan fingerprint density at radius 3 is 2.39 bits per heavy atom. The molecule has 2 saturated heterocycles. The molecule has 2 aliphatic heterocycles. The molecule has 1 aromatic heterocycles. The van der Waals surface area contributed by atoms with Crippen LogP contribution in [0.1, 0.15) is 34.8 Å². The number of likely N-dealkylation sites (tertiary alicyclic amines) is 1. The molecule has 166 valence electrons. The average Bonchev–Trinajstić information content (AvgIpc) is 3.35. The van der Waals surface area contributed by atoms with Gasteiger partial charge in [-0.15, -0.1) is 0 Å². The number of amides is 2. The van der Waals surface area contributed by atoms with Gasteiger partial charge in [0.1, 0.15) is 6.26 Å². The number of piperazine rings is 1. The van der Waals surface area contributed by atoms with Gasteiger partial charge < -0.3 is 19.5 Å². The monoisotopic (exact) mass is 424 g/mol. The first-order valence-corrected chi connectivity index (χ1v) is 11.2. The van der Waals surface area contributed by atoms with E-state index in [4.69, 9.17) is 4.42 Å². The molecule has 1 unspecified atom stereocenters. The Bertz CT molecular complexity index is 839. The molecule has 1 aromatic carbocycles. The van der Waals surface area contributed by atoms with Crippen molar-refractivity contribution in [2.45, 2.75) is 18.9 Å². The molecule has 7 heteroatoms. The van der Waals surface area contributed by atoms with Crippen LogP contribution in [0, 0.1) is 5.92 Å². The number of carbonyl (C=O) groups is 2. The van der Waals surface area contributed by atoms with Crippen LogP contribution in [-0.4, -0.2) is 79.4 Å². The number of furan rings is 1. The lowest BCUT2D eigenvalue weighted by Crippen LogP contribution is -2.49. The molecule has 2 amide bonds. The van der Waals surface area contributed by atoms with Crippen LogP contribution in [0.5, 0.6) is 0 Å². The first-order chi connectivity index (χ1) is 15.1. The van der Waals surface area contributed by atoms with Gasteiger partial charge in [0.2, 0.25) is 5.91 Å². The molecule has 31 heavy (non-hydrogen) atoms. The Labute approximate surface area is 184 Å². The third-order valence-corrected chi connectivity index (χ3v) is 6.48. The molecule has 2 aliphatic rings. The highest BCUT2D eigenvalue weighted by Gasteiger charge is 2.30. The fourth-order valence-electron chi connectivity index (χ4n) is 4.41. The first kappa shape index (κ1) is 21.6. The Morgan fingerprint density at radius 2 is 1.74 bits per heavy atom. The molecule has 2 aromatic rings. The molecule has 3 heterocycles. The van der Waals surface area contributed by atoms with E-state index in [0.29, 0.717) is 31.5 Å². The predicted molar refractivity (Wildman–Crippen MR) is 119 cm³/mol. The van der Waals surface area contributed by atoms with E-state index in [1.165, 1.54) is 12.5 Å². The molecule has 2 fully saturated rings. The quantitative estimate of drug-likeness (QED) is 0.770. The Hall–Kier alpha value is -2.64. The van der Waals surface area contributed by atoms with Crippen molar-refractivity contribution in [1.29, 1.82) is 0 Å². The van der Waals surface area contributed by atoms with E-state index in [1.54, 1.807) is 6.07 Å². The van der Waals surface area contributed by atoms with Gasteiger partial charge >= 0.3 is 0 Å². The highest BCUT2D eigenvalue weighted by molar-refractivity contribution is 5.94. The van der Waals surface area contributed by atoms with E-state index >= 15 is 0 Å². The van der Waals surface area contributed by atoms with E-state index in [-0.39, 0.29) is 23.8 Å². The summed E-state index contributed by atoms with van der Waals surface area (Å²) in [6.07, 6.45) is 4.36. The molecule has 0 spiro atoms. The van der Waals surface area contributed by atoms with Crippen molar-refractivity contribution in [3.63, 3.8) is 0 Å². The Balaban J connectivity index is 1.34. The number of likely N-dealkylation sites (N-methyl/N-ethyl adjacent to an activating group) is 1. The van der Waals surface area contributed by atoms with Crippen molar-refractivity contribution in [3.8, 4) is 0 Å². The van der Waals surface area contributed by atoms with Crippen LogP contribution in [0.2, 0.25) is 0 Å². The zero-order chi connectivity index (χ0) is 21.6. The van der Waals surface area contributed by atoms with Gasteiger partial charge in [0.05, 0.1) is 17.9 Å². The number of hydrogen-bond acceptors (Lipinski definition) is 5. The molecule has 1 atom stereocenters. The van der Waals surface area contributed by atoms with E-state index in [1.807, 2.05) is 23.1 Å². The van der Waals surface area contributed by atoms with Crippen LogP contribution in [0.4, 0.5) is 0 Å². The van der Waals surface area contributed by atoms with E-state index in [9.17, 15) is 9.59 Å². The number of nitrogens with zero attached hydrogens (tertiary/aromatic N) is 3. The summed E-state index contributed by atoms with van der Waals surface area (Å²) in [5.41, 5.74) is 1.71. The van der Waals surface area contributed by atoms with Crippen molar-refractivity contribution in [2.75, 3.05) is 52.9 Å². The fourth-order valence-corrected chi connectivity index (χ4v) is 4.41. The van der Waals surface area contributed by atoms with Gasteiger partial charge in [-0.1, -0.05) is 30.3 Å². The Kier molecular flexibility index (Phi) is 7.04. The SMILES string of the molecule is CN1CCN(CC(NC(=O)C2CCN(C(=O)c3ccoc3)CC2)c2ccccc2)CC1. The van der Waals surface area contributed by atoms with E-state index in [2.05, 4.69) is 34.3 Å². The Morgan fingerprint density at radius 1 is 1.03 bits per heavy atom. The van der Waals surface area contributed by atoms with Crippen molar-refractivity contribution >= 4 is 11.8 Å². The summed E-state index contributed by atoms with van der Waals surface area (Å²) in [6.45, 7) is 6.15. The van der Waals surface area contributed by atoms with Crippen LogP contribution >= 0.6 is 0 Å². The predicted octanol–water partition coefficient (Wildman–Crippen LogP) is 2.24. The molecule has 0 saturated carbocycles. The van der Waals surface area contributed by atoms with Gasteiger partial charge in [-0.25, -0.2) is 0 Å². The smallest absolute Gasteiger partial charge is 0.257 e. The second-order valence-corrected chi connectivity index (χ2v) is 8.65. The third-order valence-electron chi connectivity index (χ3n) is 6.48. The lowest BCUT2D eigenvalue weighted by Gasteiger charge is -2.36. The summed E-state index contributed by atoms with van der Waals surface area (Å²) in [6, 6.07) is 11.9. The zero-order valence-electron chi connectivity index (χ0n) is 18.2. The van der Waals surface area contributed by atoms with Crippen molar-refractivity contribution < 1.29 is 14.0 Å². The van der Waals surface area contributed by atoms with Gasteiger partial charge in [0.25, 0.3) is 5.91 Å². The second-order valence-electron chi connectivity index (χ2n) is 8.65. The lowest BCUT2D eigenvalue weighted by atomic mass is 9.94. The number of piperidine rings is 1. The molecule has 7 nitrogen and oxygen atoms in total. The minimum atomic E-state index is -0.0629. The molecule has 4 rings (SSSR count). The molecule has 0 radical (unpaired) electrons. The number of hydrogen-bond donors (Lipinski definition) is 1. The van der Waals surface area contributed by atoms with Gasteiger partial charge in [-0.05, 0) is 31.5 Å². The van der Waals surface area contributed by atoms with Crippen LogP contribution in [-0.2, 0) is 4.79 Å². The van der Waals surface area contributed by atoms with E-state index < -0.39 is 0 Å². The molecule has 0 aliphatic carbocycles. The number of benzene rings is 1. The maximum Gasteiger partial charge on any atom is 0.257 e. The molecular weight excluding hydrogens is 392 g/mol. The minimum Gasteiger partial charge on any atom is -0.472 e. The maximum atomic E-state index is 13.1. The fraction of sp³-hybridized carbons (Fsp3) is 0.500. The van der Waals surface area contributed by atoms with Crippen LogP contribution < -0.4 is 5.32 Å². The van der Waals surface area contributed by atoms with Crippen molar-refractivity contribution in [2.24, 2.45) is 5.92 Å². The third kappa shape index (κ3) is 5.54. The van der Waals surface area contributed by atoms with Crippen LogP contribution in [0.25, 0.3) is 0 Å². The summed E-state index contributed by atoms with van der Waals surface area (Å²) in [7, 11) is 2.15. The molecule has 0 bridgehead atoms. The normalized spacial score (nSPS) is 19.8. The average molecular weight is 425 g/mol. The second kappa shape index (κ2) is 10.1. The topological polar surface area (TPSA) is 69.0 Å². The summed E-state index contributed by atoms with van der Waals surface area (Å²) < 4.78 is 5.02. The molecule has 1 N–H and O–H groups in total. The summed E-state index contributed by atoms with van der Waals surface area (Å²) >= 11 is 0. The van der Waals surface area contributed by atoms with Crippen molar-refractivity contribution in [3.05, 3.63) is 60.1 Å². The summed E-state index contributed by atoms with van der Waals surface area (Å²) in [4.78, 5) is 32.2. The summed E-state index contributed by atoms with van der Waals surface area (Å²) in [5.74, 6) is 0.00956. The van der Waals surface area contributed by atoms with Gasteiger partial charge in [-0.3, -0.25) is 14.5 Å². The first-order valence-electron chi connectivity index (χ1n) is 11.2. The highest BCUT2D eigenvalue weighted by atomic mass is 16.3. The minimum absolute atomic E-state index is 0.0233. The van der Waals surface area contributed by atoms with Gasteiger partial charge in [0, 0.05) is 51.7 Å². The van der Waals surface area contributed by atoms with Crippen molar-refractivity contribution in [1.82, 2.24) is 20.0 Å². The van der Waals surface area contributed by atoms with Gasteiger partial charge in [-0.2, -0.15) is 0 Å². The number of carbonyl (C=O) groups excluding carboxylic acids is 2. The largest absolute Gasteiger partial charge is 0.472 e. The standard InChI is InChI=1S/C24H32N4O3/c1-26-12-14-27(15-13-26)17-22(19-5-3-2-4-6-19)25-23(29)20-7-10-28(11-8-20)24(30)21-9-16-31-18-21/h2-6,9,16,18,20,22H,7-8,10-15,17H2,1H3,(H,25,29). The number of nitrogens with one attached hydrogen (secondary N) is 1. The zero-order valence-corrected chi connectivity index (χ0v) is 18.2. The maximum absolute atomic E-state index is 13.1. The number of rotatable bonds is 6. The van der Waals surface area contributed by atoms with E-state index in [0.717, 1.165) is 38.3 Å². The van der Waals surface area contributed by atoms with Crippen LogP contribution in [0.3, 0.4) is 0 Å². The molecular formula is C24H32N4O3. The summed E-state index contributed by atoms with van der Waals surface area (Å²) in [5, 5.41) is 3.32.